The second-order valence-electron chi connectivity index (χ2n) is 11.2. The Balaban J connectivity index is 1.45. The number of benzene rings is 2. The molecule has 2 aromatic rings. The van der Waals surface area contributed by atoms with Gasteiger partial charge in [-0.05, 0) is 61.8 Å². The Morgan fingerprint density at radius 2 is 1.91 bits per heavy atom. The summed E-state index contributed by atoms with van der Waals surface area (Å²) in [6, 6.07) is 11.8. The molecule has 0 amide bonds. The number of Topliss-reactive ketones (excluding diaryl/α,β-unsaturated/α-hetero) is 1. The van der Waals surface area contributed by atoms with Crippen molar-refractivity contribution in [1.82, 2.24) is 4.90 Å². The Morgan fingerprint density at radius 3 is 2.61 bits per heavy atom. The molecule has 2 aromatic carbocycles. The number of aromatic hydroxyl groups is 1. The zero-order valence-electron chi connectivity index (χ0n) is 18.9. The first kappa shape index (κ1) is 19.8. The number of fused-ring (bicyclic) bond motifs is 1. The zero-order chi connectivity index (χ0) is 22.8. The summed E-state index contributed by atoms with van der Waals surface area (Å²) in [5.74, 6) is 0.585. The van der Waals surface area contributed by atoms with Gasteiger partial charge >= 0.3 is 0 Å². The molecule has 2 N–H and O–H groups in total. The van der Waals surface area contributed by atoms with E-state index in [9.17, 15) is 15.0 Å². The third-order valence-corrected chi connectivity index (χ3v) is 9.34. The summed E-state index contributed by atoms with van der Waals surface area (Å²) in [6.07, 6.45) is 2.27. The van der Waals surface area contributed by atoms with Gasteiger partial charge in [-0.2, -0.15) is 0 Å². The molecule has 3 aliphatic carbocycles. The molecule has 5 aliphatic rings. The maximum Gasteiger partial charge on any atom is 0.181 e. The molecule has 170 valence electrons. The molecule has 0 radical (unpaired) electrons. The highest BCUT2D eigenvalue weighted by molar-refractivity contribution is 5.96. The normalized spacial score (nSPS) is 34.7. The average molecular weight is 444 g/mol. The monoisotopic (exact) mass is 443 g/mol. The number of likely N-dealkylation sites (tertiary alicyclic amines) is 1. The number of rotatable bonds is 2. The van der Waals surface area contributed by atoms with E-state index in [-0.39, 0.29) is 17.6 Å². The minimum absolute atomic E-state index is 0.0687. The number of carbonyl (C=O) groups excluding carboxylic acids is 1. The van der Waals surface area contributed by atoms with Crippen molar-refractivity contribution in [3.8, 4) is 11.5 Å². The number of hydrogen-bond acceptors (Lipinski definition) is 5. The van der Waals surface area contributed by atoms with Gasteiger partial charge < -0.3 is 14.9 Å². The molecule has 2 heterocycles. The van der Waals surface area contributed by atoms with Gasteiger partial charge in [-0.1, -0.05) is 42.5 Å². The number of hydrogen-bond donors (Lipinski definition) is 2. The average Bonchev–Trinajstić information content (AvgIpc) is 3.31. The van der Waals surface area contributed by atoms with Gasteiger partial charge in [-0.3, -0.25) is 9.69 Å². The van der Waals surface area contributed by atoms with Crippen LogP contribution in [0.3, 0.4) is 0 Å². The molecule has 2 unspecified atom stereocenters. The number of carbonyl (C=O) groups is 1. The smallest absolute Gasteiger partial charge is 0.181 e. The second kappa shape index (κ2) is 6.08. The summed E-state index contributed by atoms with van der Waals surface area (Å²) in [5, 5.41) is 23.5. The highest BCUT2D eigenvalue weighted by atomic mass is 16.5. The predicted octanol–water partition coefficient (Wildman–Crippen LogP) is 3.09. The van der Waals surface area contributed by atoms with Crippen LogP contribution in [0, 0.1) is 5.41 Å². The van der Waals surface area contributed by atoms with Gasteiger partial charge in [0.2, 0.25) is 0 Å². The summed E-state index contributed by atoms with van der Waals surface area (Å²) in [6.45, 7) is 7.67. The SMILES string of the molecule is C=C(C)CN1CCC23c4c5ccc(O)c4O[C@H]2C(=O)C2(Cc4ccccc4C2)C[C@@]3(O)C1C5. The lowest BCUT2D eigenvalue weighted by Gasteiger charge is -2.65. The molecular weight excluding hydrogens is 414 g/mol. The summed E-state index contributed by atoms with van der Waals surface area (Å²) < 4.78 is 6.39. The molecule has 1 saturated carbocycles. The molecule has 2 spiro atoms. The Labute approximate surface area is 193 Å². The molecule has 33 heavy (non-hydrogen) atoms. The maximum atomic E-state index is 14.3. The number of nitrogens with zero attached hydrogens (tertiary/aromatic N) is 1. The molecule has 2 aliphatic heterocycles. The van der Waals surface area contributed by atoms with Crippen molar-refractivity contribution in [2.75, 3.05) is 13.1 Å². The Bertz CT molecular complexity index is 1230. The molecular formula is C28H29NO4. The molecule has 5 nitrogen and oxygen atoms in total. The molecule has 2 bridgehead atoms. The van der Waals surface area contributed by atoms with E-state index in [1.807, 2.05) is 25.1 Å². The van der Waals surface area contributed by atoms with Gasteiger partial charge in [0.25, 0.3) is 0 Å². The highest BCUT2D eigenvalue weighted by Crippen LogP contribution is 2.68. The van der Waals surface area contributed by atoms with Gasteiger partial charge in [0.05, 0.1) is 11.0 Å². The van der Waals surface area contributed by atoms with Crippen LogP contribution < -0.4 is 4.74 Å². The van der Waals surface area contributed by atoms with Crippen LogP contribution in [0.4, 0.5) is 0 Å². The summed E-state index contributed by atoms with van der Waals surface area (Å²) in [7, 11) is 0. The second-order valence-corrected chi connectivity index (χ2v) is 11.2. The zero-order valence-corrected chi connectivity index (χ0v) is 18.9. The topological polar surface area (TPSA) is 70.0 Å². The van der Waals surface area contributed by atoms with E-state index in [0.717, 1.165) is 29.8 Å². The van der Waals surface area contributed by atoms with Gasteiger partial charge in [0.1, 0.15) is 0 Å². The quantitative estimate of drug-likeness (QED) is 0.698. The van der Waals surface area contributed by atoms with Gasteiger partial charge in [0, 0.05) is 30.1 Å². The van der Waals surface area contributed by atoms with Crippen LogP contribution in [0.2, 0.25) is 0 Å². The van der Waals surface area contributed by atoms with Crippen LogP contribution in [0.25, 0.3) is 0 Å². The Hall–Kier alpha value is -2.63. The van der Waals surface area contributed by atoms with E-state index in [2.05, 4.69) is 23.6 Å². The van der Waals surface area contributed by atoms with E-state index in [1.165, 1.54) is 11.1 Å². The van der Waals surface area contributed by atoms with Crippen LogP contribution in [0.5, 0.6) is 11.5 Å². The standard InChI is InChI=1S/C28H29NO4/c1-16(2)14-29-10-9-27-22-17-7-8-20(30)23(22)33-25(27)24(31)26(15-28(27,32)21(29)11-17)12-18-5-3-4-6-19(18)13-26/h3-8,21,25,30,32H,1,9-15H2,2H3/t21?,25-,27?,28+/m0/s1. The van der Waals surface area contributed by atoms with E-state index < -0.39 is 22.5 Å². The van der Waals surface area contributed by atoms with E-state index >= 15 is 0 Å². The maximum absolute atomic E-state index is 14.3. The predicted molar refractivity (Wildman–Crippen MR) is 124 cm³/mol. The van der Waals surface area contributed by atoms with Crippen molar-refractivity contribution in [3.63, 3.8) is 0 Å². The van der Waals surface area contributed by atoms with Crippen LogP contribution in [0.1, 0.15) is 42.0 Å². The molecule has 7 rings (SSSR count). The summed E-state index contributed by atoms with van der Waals surface area (Å²) >= 11 is 0. The lowest BCUT2D eigenvalue weighted by atomic mass is 9.44. The number of ketones is 1. The fraction of sp³-hybridized carbons (Fsp3) is 0.464. The molecule has 4 atom stereocenters. The Kier molecular flexibility index (Phi) is 3.65. The van der Waals surface area contributed by atoms with Crippen molar-refractivity contribution < 1.29 is 19.7 Å². The minimum atomic E-state index is -1.12. The van der Waals surface area contributed by atoms with E-state index in [1.54, 1.807) is 6.07 Å². The molecule has 5 heteroatoms. The number of phenols is 1. The van der Waals surface area contributed by atoms with Crippen LogP contribution in [0.15, 0.2) is 48.6 Å². The minimum Gasteiger partial charge on any atom is -0.504 e. The molecule has 1 saturated heterocycles. The summed E-state index contributed by atoms with van der Waals surface area (Å²) in [5.41, 5.74) is 2.85. The first-order valence-corrected chi connectivity index (χ1v) is 12.0. The third-order valence-electron chi connectivity index (χ3n) is 9.34. The number of ether oxygens (including phenoxy) is 1. The number of aliphatic hydroxyl groups is 1. The van der Waals surface area contributed by atoms with Crippen molar-refractivity contribution in [1.29, 1.82) is 0 Å². The fourth-order valence-electron chi connectivity index (χ4n) is 8.20. The molecule has 2 fully saturated rings. The lowest BCUT2D eigenvalue weighted by Crippen LogP contribution is -2.79. The largest absolute Gasteiger partial charge is 0.504 e. The lowest BCUT2D eigenvalue weighted by molar-refractivity contribution is -0.208. The highest BCUT2D eigenvalue weighted by Gasteiger charge is 2.77. The van der Waals surface area contributed by atoms with Crippen LogP contribution in [-0.2, 0) is 29.5 Å². The van der Waals surface area contributed by atoms with Crippen LogP contribution >= 0.6 is 0 Å². The molecule has 0 aromatic heterocycles. The van der Waals surface area contributed by atoms with Crippen molar-refractivity contribution in [3.05, 3.63) is 70.8 Å². The summed E-state index contributed by atoms with van der Waals surface area (Å²) in [4.78, 5) is 16.7. The van der Waals surface area contributed by atoms with Crippen LogP contribution in [-0.4, -0.2) is 51.7 Å². The van der Waals surface area contributed by atoms with Crippen molar-refractivity contribution in [2.24, 2.45) is 5.41 Å². The van der Waals surface area contributed by atoms with E-state index in [0.29, 0.717) is 37.9 Å². The van der Waals surface area contributed by atoms with Gasteiger partial charge in [-0.15, -0.1) is 0 Å². The third kappa shape index (κ3) is 2.18. The van der Waals surface area contributed by atoms with Gasteiger partial charge in [0.15, 0.2) is 23.4 Å². The van der Waals surface area contributed by atoms with E-state index in [4.69, 9.17) is 4.74 Å². The fourth-order valence-corrected chi connectivity index (χ4v) is 8.20. The van der Waals surface area contributed by atoms with Crippen molar-refractivity contribution >= 4 is 5.78 Å². The Morgan fingerprint density at radius 1 is 1.18 bits per heavy atom. The number of piperidine rings is 1. The first-order valence-electron chi connectivity index (χ1n) is 12.0. The first-order chi connectivity index (χ1) is 15.8. The van der Waals surface area contributed by atoms with Crippen molar-refractivity contribution in [2.45, 2.75) is 62.2 Å². The number of phenolic OH excluding ortho intramolecular Hbond substituents is 1. The van der Waals surface area contributed by atoms with Gasteiger partial charge in [-0.25, -0.2) is 0 Å².